The molecule has 10 aromatic rings. The summed E-state index contributed by atoms with van der Waals surface area (Å²) in [5.41, 5.74) is 12.2. The van der Waals surface area contributed by atoms with Gasteiger partial charge in [0.25, 0.3) is 0 Å². The van der Waals surface area contributed by atoms with Crippen LogP contribution in [0, 0.1) is 0 Å². The van der Waals surface area contributed by atoms with Crippen LogP contribution in [-0.4, -0.2) is 0 Å². The minimum absolute atomic E-state index is 0.904. The van der Waals surface area contributed by atoms with E-state index in [1.54, 1.807) is 0 Å². The lowest BCUT2D eigenvalue weighted by atomic mass is 9.98. The molecule has 2 aromatic heterocycles. The Bertz CT molecular complexity index is 2850. The molecule has 0 fully saturated rings. The van der Waals surface area contributed by atoms with E-state index < -0.39 is 0 Å². The van der Waals surface area contributed by atoms with Crippen molar-refractivity contribution in [1.29, 1.82) is 0 Å². The molecule has 0 bridgehead atoms. The van der Waals surface area contributed by atoms with E-state index in [0.717, 1.165) is 44.4 Å². The highest BCUT2D eigenvalue weighted by atomic mass is 32.1. The fourth-order valence-electron chi connectivity index (χ4n) is 7.42. The van der Waals surface area contributed by atoms with Crippen LogP contribution in [0.4, 0.5) is 17.1 Å². The average molecular weight is 670 g/mol. The van der Waals surface area contributed by atoms with Gasteiger partial charge in [0.05, 0.1) is 10.4 Å². The predicted molar refractivity (Wildman–Crippen MR) is 218 cm³/mol. The molecular formula is C48H31NOS. The summed E-state index contributed by atoms with van der Waals surface area (Å²) >= 11 is 1.87. The van der Waals surface area contributed by atoms with Crippen LogP contribution in [0.2, 0.25) is 0 Å². The number of fused-ring (bicyclic) bond motifs is 6. The monoisotopic (exact) mass is 669 g/mol. The van der Waals surface area contributed by atoms with Crippen LogP contribution in [0.3, 0.4) is 0 Å². The standard InChI is InChI=1S/C48H31NOS/c1-3-12-32(13-4-1)35-16-11-17-38(30-35)49(37-25-22-33(23-26-37)36-24-27-41-40-18-7-9-20-44(40)50-45(41)31-36)47-39(34-14-5-2-6-15-34)28-29-43-42-19-8-10-21-46(42)51-48(43)47/h1-31H. The van der Waals surface area contributed by atoms with Crippen LogP contribution >= 0.6 is 11.3 Å². The summed E-state index contributed by atoms with van der Waals surface area (Å²) in [7, 11) is 0. The number of nitrogens with zero attached hydrogens (tertiary/aromatic N) is 1. The fourth-order valence-corrected chi connectivity index (χ4v) is 8.66. The van der Waals surface area contributed by atoms with E-state index in [1.165, 1.54) is 48.1 Å². The lowest BCUT2D eigenvalue weighted by Crippen LogP contribution is -2.11. The predicted octanol–water partition coefficient (Wildman–Crippen LogP) is 14.4. The van der Waals surface area contributed by atoms with Gasteiger partial charge in [-0.2, -0.15) is 0 Å². The number of benzene rings is 8. The number of hydrogen-bond acceptors (Lipinski definition) is 3. The summed E-state index contributed by atoms with van der Waals surface area (Å²) in [5.74, 6) is 0. The third-order valence-electron chi connectivity index (χ3n) is 9.88. The van der Waals surface area contributed by atoms with Gasteiger partial charge in [-0.1, -0.05) is 140 Å². The molecule has 8 aromatic carbocycles. The highest BCUT2D eigenvalue weighted by molar-refractivity contribution is 7.26. The molecule has 0 saturated heterocycles. The van der Waals surface area contributed by atoms with E-state index in [1.807, 2.05) is 23.5 Å². The molecule has 2 nitrogen and oxygen atoms in total. The number of rotatable bonds is 6. The molecule has 0 aliphatic carbocycles. The van der Waals surface area contributed by atoms with Crippen LogP contribution in [0.1, 0.15) is 0 Å². The molecule has 0 radical (unpaired) electrons. The second-order valence-electron chi connectivity index (χ2n) is 12.9. The second-order valence-corrected chi connectivity index (χ2v) is 14.0. The van der Waals surface area contributed by atoms with Crippen LogP contribution in [0.25, 0.3) is 75.5 Å². The molecule has 0 aliphatic rings. The van der Waals surface area contributed by atoms with Gasteiger partial charge in [0.1, 0.15) is 11.2 Å². The van der Waals surface area contributed by atoms with Gasteiger partial charge in [-0.25, -0.2) is 0 Å². The molecular weight excluding hydrogens is 639 g/mol. The molecule has 0 aliphatic heterocycles. The SMILES string of the molecule is c1ccc(-c2cccc(N(c3ccc(-c4ccc5c(c4)oc4ccccc45)cc3)c3c(-c4ccccc4)ccc4c3sc3ccccc34)c2)cc1. The van der Waals surface area contributed by atoms with Gasteiger partial charge >= 0.3 is 0 Å². The Morgan fingerprint density at radius 2 is 0.980 bits per heavy atom. The smallest absolute Gasteiger partial charge is 0.136 e. The highest BCUT2D eigenvalue weighted by Crippen LogP contribution is 2.50. The number of anilines is 3. The van der Waals surface area contributed by atoms with Crippen LogP contribution in [-0.2, 0) is 0 Å². The lowest BCUT2D eigenvalue weighted by molar-refractivity contribution is 0.669. The first-order valence-corrected chi connectivity index (χ1v) is 18.1. The van der Waals surface area contributed by atoms with Gasteiger partial charge < -0.3 is 9.32 Å². The molecule has 0 amide bonds. The molecule has 2 heterocycles. The zero-order chi connectivity index (χ0) is 33.7. The van der Waals surface area contributed by atoms with Crippen molar-refractivity contribution < 1.29 is 4.42 Å². The average Bonchev–Trinajstić information content (AvgIpc) is 3.77. The van der Waals surface area contributed by atoms with Gasteiger partial charge in [-0.3, -0.25) is 0 Å². The van der Waals surface area contributed by atoms with Crippen molar-refractivity contribution in [2.75, 3.05) is 4.90 Å². The largest absolute Gasteiger partial charge is 0.456 e. The minimum Gasteiger partial charge on any atom is -0.456 e. The van der Waals surface area contributed by atoms with Crippen molar-refractivity contribution in [2.24, 2.45) is 0 Å². The number of thiophene rings is 1. The van der Waals surface area contributed by atoms with Gasteiger partial charge in [0, 0.05) is 43.2 Å². The van der Waals surface area contributed by atoms with Gasteiger partial charge in [0.15, 0.2) is 0 Å². The quantitative estimate of drug-likeness (QED) is 0.175. The first-order chi connectivity index (χ1) is 25.3. The van der Waals surface area contributed by atoms with Crippen molar-refractivity contribution in [3.05, 3.63) is 188 Å². The molecule has 3 heteroatoms. The van der Waals surface area contributed by atoms with Gasteiger partial charge in [0.2, 0.25) is 0 Å². The fraction of sp³-hybridized carbons (Fsp3) is 0. The Hall–Kier alpha value is -6.42. The van der Waals surface area contributed by atoms with Gasteiger partial charge in [-0.05, 0) is 76.3 Å². The maximum atomic E-state index is 6.25. The molecule has 0 spiro atoms. The van der Waals surface area contributed by atoms with E-state index in [9.17, 15) is 0 Å². The summed E-state index contributed by atoms with van der Waals surface area (Å²) in [6.45, 7) is 0. The van der Waals surface area contributed by atoms with Crippen molar-refractivity contribution in [3.8, 4) is 33.4 Å². The first-order valence-electron chi connectivity index (χ1n) is 17.3. The summed E-state index contributed by atoms with van der Waals surface area (Å²) < 4.78 is 8.81. The van der Waals surface area contributed by atoms with E-state index in [0.29, 0.717) is 0 Å². The van der Waals surface area contributed by atoms with E-state index in [2.05, 4.69) is 181 Å². The van der Waals surface area contributed by atoms with Crippen molar-refractivity contribution in [2.45, 2.75) is 0 Å². The summed E-state index contributed by atoms with van der Waals surface area (Å²) in [6.07, 6.45) is 0. The maximum absolute atomic E-state index is 6.25. The maximum Gasteiger partial charge on any atom is 0.136 e. The zero-order valence-electron chi connectivity index (χ0n) is 27.7. The molecule has 0 saturated carbocycles. The Labute approximate surface area is 300 Å². The Morgan fingerprint density at radius 3 is 1.80 bits per heavy atom. The summed E-state index contributed by atoms with van der Waals surface area (Å²) in [4.78, 5) is 2.46. The third kappa shape index (κ3) is 5.10. The Morgan fingerprint density at radius 1 is 0.373 bits per heavy atom. The topological polar surface area (TPSA) is 16.4 Å². The second kappa shape index (κ2) is 12.2. The van der Waals surface area contributed by atoms with Crippen molar-refractivity contribution in [3.63, 3.8) is 0 Å². The zero-order valence-corrected chi connectivity index (χ0v) is 28.5. The number of hydrogen-bond donors (Lipinski definition) is 0. The molecule has 10 rings (SSSR count). The van der Waals surface area contributed by atoms with Crippen molar-refractivity contribution in [1.82, 2.24) is 0 Å². The van der Waals surface area contributed by atoms with Crippen LogP contribution < -0.4 is 4.90 Å². The highest BCUT2D eigenvalue weighted by Gasteiger charge is 2.23. The molecule has 0 atom stereocenters. The summed E-state index contributed by atoms with van der Waals surface area (Å²) in [6, 6.07) is 67.5. The Balaban J connectivity index is 1.19. The minimum atomic E-state index is 0.904. The lowest BCUT2D eigenvalue weighted by Gasteiger charge is -2.29. The Kier molecular flexibility index (Phi) is 7.04. The van der Waals surface area contributed by atoms with E-state index in [4.69, 9.17) is 4.42 Å². The first kappa shape index (κ1) is 29.5. The normalized spacial score (nSPS) is 11.5. The van der Waals surface area contributed by atoms with E-state index >= 15 is 0 Å². The number of furan rings is 1. The van der Waals surface area contributed by atoms with Gasteiger partial charge in [-0.15, -0.1) is 11.3 Å². The van der Waals surface area contributed by atoms with E-state index in [-0.39, 0.29) is 0 Å². The number of para-hydroxylation sites is 1. The molecule has 51 heavy (non-hydrogen) atoms. The molecule has 0 N–H and O–H groups in total. The van der Waals surface area contributed by atoms with Crippen LogP contribution in [0.5, 0.6) is 0 Å². The van der Waals surface area contributed by atoms with Crippen LogP contribution in [0.15, 0.2) is 192 Å². The third-order valence-corrected chi connectivity index (χ3v) is 11.1. The summed E-state index contributed by atoms with van der Waals surface area (Å²) in [5, 5.41) is 4.84. The van der Waals surface area contributed by atoms with Crippen molar-refractivity contribution >= 4 is 70.5 Å². The molecule has 0 unspecified atom stereocenters. The molecule has 240 valence electrons.